The molecule has 0 aliphatic carbocycles. The molecule has 0 aromatic carbocycles. The molecule has 3 aromatic rings. The number of nitrogens with two attached hydrogens (primary N) is 1. The van der Waals surface area contributed by atoms with Gasteiger partial charge in [-0.05, 0) is 30.1 Å². The minimum Gasteiger partial charge on any atom is -0.330 e. The molecule has 2 N–H and O–H groups in total. The standard InChI is InChI=1S/C14H13N3S2/c15-6-5-12-17-13(10-3-1-7-16-9-10)14(19-12)11-4-2-8-18-11/h1-4,7-9H,5-6,15H2. The Morgan fingerprint density at radius 3 is 2.84 bits per heavy atom. The number of aromatic nitrogens is 2. The van der Waals surface area contributed by atoms with E-state index in [1.807, 2.05) is 18.3 Å². The lowest BCUT2D eigenvalue weighted by Gasteiger charge is -1.99. The number of hydrogen-bond acceptors (Lipinski definition) is 5. The van der Waals surface area contributed by atoms with Crippen molar-refractivity contribution in [3.05, 3.63) is 47.0 Å². The first-order valence-electron chi connectivity index (χ1n) is 6.02. The van der Waals surface area contributed by atoms with Crippen LogP contribution in [0.1, 0.15) is 5.01 Å². The first kappa shape index (κ1) is 12.5. The van der Waals surface area contributed by atoms with Crippen LogP contribution in [-0.2, 0) is 6.42 Å². The van der Waals surface area contributed by atoms with E-state index in [4.69, 9.17) is 10.7 Å². The summed E-state index contributed by atoms with van der Waals surface area (Å²) in [7, 11) is 0. The normalized spacial score (nSPS) is 10.8. The summed E-state index contributed by atoms with van der Waals surface area (Å²) in [6.45, 7) is 0.629. The summed E-state index contributed by atoms with van der Waals surface area (Å²) in [5.74, 6) is 0. The van der Waals surface area contributed by atoms with E-state index >= 15 is 0 Å². The van der Waals surface area contributed by atoms with E-state index in [9.17, 15) is 0 Å². The second-order valence-corrected chi connectivity index (χ2v) is 6.07. The van der Waals surface area contributed by atoms with E-state index in [1.54, 1.807) is 28.9 Å². The third-order valence-electron chi connectivity index (χ3n) is 2.71. The SMILES string of the molecule is NCCc1nc(-c2cccnc2)c(-c2cccs2)s1. The average molecular weight is 287 g/mol. The van der Waals surface area contributed by atoms with Gasteiger partial charge in [0.05, 0.1) is 15.6 Å². The molecular weight excluding hydrogens is 274 g/mol. The second kappa shape index (κ2) is 5.61. The number of hydrogen-bond donors (Lipinski definition) is 1. The van der Waals surface area contributed by atoms with Gasteiger partial charge in [0.15, 0.2) is 0 Å². The van der Waals surface area contributed by atoms with Crippen LogP contribution in [0.3, 0.4) is 0 Å². The van der Waals surface area contributed by atoms with Crippen molar-refractivity contribution < 1.29 is 0 Å². The Hall–Kier alpha value is -1.56. The van der Waals surface area contributed by atoms with Gasteiger partial charge in [-0.3, -0.25) is 4.98 Å². The third kappa shape index (κ3) is 2.58. The van der Waals surface area contributed by atoms with Crippen molar-refractivity contribution in [3.63, 3.8) is 0 Å². The first-order chi connectivity index (χ1) is 9.38. The van der Waals surface area contributed by atoms with Gasteiger partial charge in [-0.25, -0.2) is 4.98 Å². The summed E-state index contributed by atoms with van der Waals surface area (Å²) >= 11 is 3.46. The van der Waals surface area contributed by atoms with Crippen LogP contribution in [0, 0.1) is 0 Å². The maximum Gasteiger partial charge on any atom is 0.0952 e. The van der Waals surface area contributed by atoms with Crippen LogP contribution in [0.5, 0.6) is 0 Å². The molecule has 0 fully saturated rings. The highest BCUT2D eigenvalue weighted by Gasteiger charge is 2.15. The predicted molar refractivity (Wildman–Crippen MR) is 81.4 cm³/mol. The Bertz CT molecular complexity index is 645. The van der Waals surface area contributed by atoms with Gasteiger partial charge in [-0.1, -0.05) is 6.07 Å². The number of nitrogens with zero attached hydrogens (tertiary/aromatic N) is 2. The van der Waals surface area contributed by atoms with Crippen molar-refractivity contribution in [1.82, 2.24) is 9.97 Å². The minimum absolute atomic E-state index is 0.629. The summed E-state index contributed by atoms with van der Waals surface area (Å²) < 4.78 is 0. The summed E-state index contributed by atoms with van der Waals surface area (Å²) in [6.07, 6.45) is 4.46. The molecule has 0 aliphatic rings. The van der Waals surface area contributed by atoms with Gasteiger partial charge in [-0.15, -0.1) is 22.7 Å². The van der Waals surface area contributed by atoms with E-state index in [0.29, 0.717) is 6.54 Å². The van der Waals surface area contributed by atoms with Crippen molar-refractivity contribution in [2.45, 2.75) is 6.42 Å². The van der Waals surface area contributed by atoms with Crippen LogP contribution < -0.4 is 5.73 Å². The number of thiophene rings is 1. The molecule has 0 amide bonds. The molecule has 0 atom stereocenters. The molecule has 0 saturated carbocycles. The van der Waals surface area contributed by atoms with Gasteiger partial charge in [-0.2, -0.15) is 0 Å². The van der Waals surface area contributed by atoms with E-state index < -0.39 is 0 Å². The zero-order valence-corrected chi connectivity index (χ0v) is 11.9. The van der Waals surface area contributed by atoms with Crippen molar-refractivity contribution in [3.8, 4) is 21.0 Å². The smallest absolute Gasteiger partial charge is 0.0952 e. The maximum absolute atomic E-state index is 5.63. The lowest BCUT2D eigenvalue weighted by molar-refractivity contribution is 0.954. The van der Waals surface area contributed by atoms with Gasteiger partial charge >= 0.3 is 0 Å². The molecule has 0 spiro atoms. The molecule has 3 aromatic heterocycles. The molecule has 3 rings (SSSR count). The zero-order chi connectivity index (χ0) is 13.1. The molecule has 3 heterocycles. The maximum atomic E-state index is 5.63. The quantitative estimate of drug-likeness (QED) is 0.799. The molecule has 0 radical (unpaired) electrons. The monoisotopic (exact) mass is 287 g/mol. The van der Waals surface area contributed by atoms with Crippen molar-refractivity contribution in [2.75, 3.05) is 6.54 Å². The fourth-order valence-corrected chi connectivity index (χ4v) is 3.82. The summed E-state index contributed by atoms with van der Waals surface area (Å²) in [5, 5.41) is 3.18. The van der Waals surface area contributed by atoms with Crippen molar-refractivity contribution >= 4 is 22.7 Å². The van der Waals surface area contributed by atoms with Crippen molar-refractivity contribution in [2.24, 2.45) is 5.73 Å². The van der Waals surface area contributed by atoms with Gasteiger partial charge < -0.3 is 5.73 Å². The van der Waals surface area contributed by atoms with Crippen LogP contribution >= 0.6 is 22.7 Å². The molecule has 19 heavy (non-hydrogen) atoms. The Morgan fingerprint density at radius 1 is 1.21 bits per heavy atom. The van der Waals surface area contributed by atoms with Gasteiger partial charge in [0.25, 0.3) is 0 Å². The highest BCUT2D eigenvalue weighted by Crippen LogP contribution is 2.38. The lowest BCUT2D eigenvalue weighted by Crippen LogP contribution is -2.01. The topological polar surface area (TPSA) is 51.8 Å². The summed E-state index contributed by atoms with van der Waals surface area (Å²) in [4.78, 5) is 11.4. The number of pyridine rings is 1. The Balaban J connectivity index is 2.12. The Kier molecular flexibility index (Phi) is 3.68. The summed E-state index contributed by atoms with van der Waals surface area (Å²) in [6, 6.07) is 8.18. The summed E-state index contributed by atoms with van der Waals surface area (Å²) in [5.41, 5.74) is 7.71. The van der Waals surface area contributed by atoms with E-state index in [1.165, 1.54) is 9.75 Å². The third-order valence-corrected chi connectivity index (χ3v) is 4.87. The van der Waals surface area contributed by atoms with Crippen LogP contribution in [0.4, 0.5) is 0 Å². The van der Waals surface area contributed by atoms with E-state index in [0.717, 1.165) is 22.7 Å². The largest absolute Gasteiger partial charge is 0.330 e. The molecular formula is C14H13N3S2. The van der Waals surface area contributed by atoms with E-state index in [-0.39, 0.29) is 0 Å². The molecule has 3 nitrogen and oxygen atoms in total. The highest BCUT2D eigenvalue weighted by molar-refractivity contribution is 7.21. The average Bonchev–Trinajstić information content (AvgIpc) is 3.08. The van der Waals surface area contributed by atoms with Crippen molar-refractivity contribution in [1.29, 1.82) is 0 Å². The Morgan fingerprint density at radius 2 is 2.16 bits per heavy atom. The second-order valence-electron chi connectivity index (χ2n) is 4.04. The first-order valence-corrected chi connectivity index (χ1v) is 7.72. The van der Waals surface area contributed by atoms with Crippen LogP contribution in [0.2, 0.25) is 0 Å². The molecule has 5 heteroatoms. The predicted octanol–water partition coefficient (Wildman–Crippen LogP) is 3.43. The van der Waals surface area contributed by atoms with Crippen LogP contribution in [0.25, 0.3) is 21.0 Å². The minimum atomic E-state index is 0.629. The van der Waals surface area contributed by atoms with Gasteiger partial charge in [0.2, 0.25) is 0 Å². The van der Waals surface area contributed by atoms with Crippen LogP contribution in [-0.4, -0.2) is 16.5 Å². The molecule has 0 bridgehead atoms. The highest BCUT2D eigenvalue weighted by atomic mass is 32.1. The van der Waals surface area contributed by atoms with Crippen LogP contribution in [0.15, 0.2) is 42.0 Å². The molecule has 96 valence electrons. The molecule has 0 aliphatic heterocycles. The van der Waals surface area contributed by atoms with E-state index in [2.05, 4.69) is 22.5 Å². The van der Waals surface area contributed by atoms with Gasteiger partial charge in [0, 0.05) is 29.3 Å². The van der Waals surface area contributed by atoms with Gasteiger partial charge in [0.1, 0.15) is 0 Å². The Labute approximate surface area is 119 Å². The zero-order valence-electron chi connectivity index (χ0n) is 10.2. The fraction of sp³-hybridized carbons (Fsp3) is 0.143. The molecule has 0 saturated heterocycles. The fourth-order valence-electron chi connectivity index (χ4n) is 1.87. The number of rotatable bonds is 4. The lowest BCUT2D eigenvalue weighted by atomic mass is 10.2. The number of thiazole rings is 1. The molecule has 0 unspecified atom stereocenters.